The fourth-order valence-electron chi connectivity index (χ4n) is 3.14. The van der Waals surface area contributed by atoms with Gasteiger partial charge in [-0.3, -0.25) is 4.79 Å². The molecule has 1 heterocycles. The molecule has 1 saturated heterocycles. The predicted octanol–water partition coefficient (Wildman–Crippen LogP) is 2.12. The molecule has 2 rings (SSSR count). The lowest BCUT2D eigenvalue weighted by Crippen LogP contribution is -2.53. The second-order valence-electron chi connectivity index (χ2n) is 6.50. The number of carbonyl (C=O) groups is 1. The van der Waals surface area contributed by atoms with Gasteiger partial charge in [-0.05, 0) is 51.3 Å². The lowest BCUT2D eigenvalue weighted by atomic mass is 9.96. The van der Waals surface area contributed by atoms with E-state index in [4.69, 9.17) is 5.73 Å². The number of nitrogens with two attached hydrogens (primary N) is 1. The first-order chi connectivity index (χ1) is 10.1. The molecule has 0 aliphatic carbocycles. The first-order valence-electron chi connectivity index (χ1n) is 7.37. The maximum Gasteiger partial charge on any atom is 0.240 e. The van der Waals surface area contributed by atoms with Crippen molar-refractivity contribution in [3.63, 3.8) is 0 Å². The molecule has 1 aromatic rings. The minimum atomic E-state index is -1.12. The normalized spacial score (nSPS) is 23.7. The molecule has 1 fully saturated rings. The van der Waals surface area contributed by atoms with Crippen LogP contribution < -0.4 is 5.73 Å². The molecule has 1 aliphatic rings. The number of hydrogen-bond donors (Lipinski definition) is 2. The number of rotatable bonds is 3. The van der Waals surface area contributed by atoms with Crippen LogP contribution in [-0.2, 0) is 4.79 Å². The van der Waals surface area contributed by atoms with Gasteiger partial charge in [-0.15, -0.1) is 0 Å². The number of hydrogen-bond acceptors (Lipinski definition) is 3. The molecule has 22 heavy (non-hydrogen) atoms. The zero-order valence-corrected chi connectivity index (χ0v) is 13.0. The number of likely N-dealkylation sites (tertiary alicyclic amines) is 1. The average Bonchev–Trinajstić information content (AvgIpc) is 2.80. The summed E-state index contributed by atoms with van der Waals surface area (Å²) in [5.41, 5.74) is 4.97. The Labute approximate surface area is 128 Å². The van der Waals surface area contributed by atoms with Gasteiger partial charge < -0.3 is 15.7 Å². The summed E-state index contributed by atoms with van der Waals surface area (Å²) in [5.74, 6) is -1.70. The van der Waals surface area contributed by atoms with Crippen LogP contribution in [0, 0.1) is 11.6 Å². The summed E-state index contributed by atoms with van der Waals surface area (Å²) in [7, 11) is 0. The van der Waals surface area contributed by atoms with Gasteiger partial charge in [0.25, 0.3) is 0 Å². The van der Waals surface area contributed by atoms with Crippen molar-refractivity contribution < 1.29 is 18.7 Å². The van der Waals surface area contributed by atoms with E-state index in [1.165, 1.54) is 17.0 Å². The molecule has 0 spiro atoms. The van der Waals surface area contributed by atoms with E-state index in [1.54, 1.807) is 20.8 Å². The molecular weight excluding hydrogens is 290 g/mol. The molecule has 1 unspecified atom stereocenters. The highest BCUT2D eigenvalue weighted by molar-refractivity contribution is 5.82. The molecule has 3 atom stereocenters. The van der Waals surface area contributed by atoms with Crippen LogP contribution in [0.25, 0.3) is 0 Å². The minimum Gasteiger partial charge on any atom is -0.388 e. The van der Waals surface area contributed by atoms with E-state index < -0.39 is 35.4 Å². The van der Waals surface area contributed by atoms with Gasteiger partial charge in [0.15, 0.2) is 0 Å². The maximum atomic E-state index is 13.5. The molecule has 0 aromatic heterocycles. The zero-order valence-electron chi connectivity index (χ0n) is 13.0. The summed E-state index contributed by atoms with van der Waals surface area (Å²) in [6, 6.07) is 1.57. The van der Waals surface area contributed by atoms with E-state index in [0.717, 1.165) is 6.07 Å². The zero-order chi connectivity index (χ0) is 16.7. The third-order valence-corrected chi connectivity index (χ3v) is 4.11. The van der Waals surface area contributed by atoms with E-state index in [2.05, 4.69) is 0 Å². The summed E-state index contributed by atoms with van der Waals surface area (Å²) in [6.45, 7) is 4.80. The molecular formula is C16H22F2N2O2. The Bertz CT molecular complexity index is 550. The van der Waals surface area contributed by atoms with Crippen LogP contribution in [0.15, 0.2) is 18.2 Å². The summed E-state index contributed by atoms with van der Waals surface area (Å²) in [5, 5.41) is 10.3. The van der Waals surface area contributed by atoms with E-state index >= 15 is 0 Å². The third kappa shape index (κ3) is 3.28. The standard InChI is InChI=1S/C16H22F2N2O2/c1-9(19)15(21)20-13(4-5-14(20)16(2,3)22)10-6-11(17)8-12(18)7-10/h6-9,13-14,22H,4-5,19H2,1-3H3/t9?,13-,14+/m0/s1. The Morgan fingerprint density at radius 3 is 2.32 bits per heavy atom. The van der Waals surface area contributed by atoms with E-state index in [1.807, 2.05) is 0 Å². The SMILES string of the molecule is CC(N)C(=O)N1[C@H](c2cc(F)cc(F)c2)CC[C@@H]1C(C)(C)O. The van der Waals surface area contributed by atoms with Crippen molar-refractivity contribution in [2.45, 2.75) is 57.3 Å². The van der Waals surface area contributed by atoms with Gasteiger partial charge in [-0.25, -0.2) is 8.78 Å². The summed E-state index contributed by atoms with van der Waals surface area (Å²) >= 11 is 0. The van der Waals surface area contributed by atoms with Crippen LogP contribution in [0.5, 0.6) is 0 Å². The predicted molar refractivity (Wildman–Crippen MR) is 78.9 cm³/mol. The number of halogens is 2. The Hall–Kier alpha value is -1.53. The summed E-state index contributed by atoms with van der Waals surface area (Å²) < 4.78 is 27.0. The number of aliphatic hydroxyl groups is 1. The largest absolute Gasteiger partial charge is 0.388 e. The van der Waals surface area contributed by atoms with Gasteiger partial charge in [0.05, 0.1) is 23.7 Å². The van der Waals surface area contributed by atoms with Crippen molar-refractivity contribution in [2.24, 2.45) is 5.73 Å². The van der Waals surface area contributed by atoms with E-state index in [-0.39, 0.29) is 5.91 Å². The third-order valence-electron chi connectivity index (χ3n) is 4.11. The van der Waals surface area contributed by atoms with Gasteiger partial charge in [-0.2, -0.15) is 0 Å². The van der Waals surface area contributed by atoms with Crippen molar-refractivity contribution in [2.75, 3.05) is 0 Å². The van der Waals surface area contributed by atoms with E-state index in [9.17, 15) is 18.7 Å². The monoisotopic (exact) mass is 312 g/mol. The molecule has 122 valence electrons. The van der Waals surface area contributed by atoms with Crippen LogP contribution in [0.1, 0.15) is 45.2 Å². The smallest absolute Gasteiger partial charge is 0.240 e. The topological polar surface area (TPSA) is 66.6 Å². The molecule has 6 heteroatoms. The molecule has 1 aliphatic heterocycles. The molecule has 0 radical (unpaired) electrons. The first-order valence-corrected chi connectivity index (χ1v) is 7.37. The second kappa shape index (κ2) is 5.93. The van der Waals surface area contributed by atoms with Crippen molar-refractivity contribution in [1.29, 1.82) is 0 Å². The van der Waals surface area contributed by atoms with Crippen LogP contribution in [0.4, 0.5) is 8.78 Å². The Morgan fingerprint density at radius 1 is 1.32 bits per heavy atom. The minimum absolute atomic E-state index is 0.334. The van der Waals surface area contributed by atoms with Crippen LogP contribution in [-0.4, -0.2) is 33.6 Å². The highest BCUT2D eigenvalue weighted by Crippen LogP contribution is 2.40. The number of nitrogens with zero attached hydrogens (tertiary/aromatic N) is 1. The quantitative estimate of drug-likeness (QED) is 0.898. The lowest BCUT2D eigenvalue weighted by Gasteiger charge is -2.38. The van der Waals surface area contributed by atoms with Gasteiger partial charge in [0.2, 0.25) is 5.91 Å². The van der Waals surface area contributed by atoms with Crippen LogP contribution in [0.3, 0.4) is 0 Å². The molecule has 4 nitrogen and oxygen atoms in total. The van der Waals surface area contributed by atoms with Crippen molar-refractivity contribution in [1.82, 2.24) is 4.90 Å². The lowest BCUT2D eigenvalue weighted by molar-refractivity contribution is -0.140. The number of benzene rings is 1. The average molecular weight is 312 g/mol. The fourth-order valence-corrected chi connectivity index (χ4v) is 3.14. The van der Waals surface area contributed by atoms with Crippen molar-refractivity contribution in [3.05, 3.63) is 35.4 Å². The second-order valence-corrected chi connectivity index (χ2v) is 6.50. The van der Waals surface area contributed by atoms with Gasteiger partial charge in [-0.1, -0.05) is 0 Å². The van der Waals surface area contributed by atoms with Crippen molar-refractivity contribution in [3.8, 4) is 0 Å². The van der Waals surface area contributed by atoms with Crippen LogP contribution >= 0.6 is 0 Å². The summed E-state index contributed by atoms with van der Waals surface area (Å²) in [4.78, 5) is 13.9. The Balaban J connectivity index is 2.43. The number of carbonyl (C=O) groups excluding carboxylic acids is 1. The molecule has 0 bridgehead atoms. The molecule has 3 N–H and O–H groups in total. The van der Waals surface area contributed by atoms with Crippen LogP contribution in [0.2, 0.25) is 0 Å². The molecule has 1 amide bonds. The maximum absolute atomic E-state index is 13.5. The van der Waals surface area contributed by atoms with Crippen molar-refractivity contribution >= 4 is 5.91 Å². The Morgan fingerprint density at radius 2 is 1.86 bits per heavy atom. The van der Waals surface area contributed by atoms with Gasteiger partial charge in [0.1, 0.15) is 11.6 Å². The summed E-state index contributed by atoms with van der Waals surface area (Å²) in [6.07, 6.45) is 1.07. The molecule has 1 aromatic carbocycles. The highest BCUT2D eigenvalue weighted by atomic mass is 19.1. The number of amides is 1. The van der Waals surface area contributed by atoms with E-state index in [0.29, 0.717) is 18.4 Å². The van der Waals surface area contributed by atoms with Gasteiger partial charge >= 0.3 is 0 Å². The van der Waals surface area contributed by atoms with Gasteiger partial charge in [0, 0.05) is 6.07 Å². The highest BCUT2D eigenvalue weighted by Gasteiger charge is 2.45. The Kier molecular flexibility index (Phi) is 4.54. The molecule has 0 saturated carbocycles. The first kappa shape index (κ1) is 16.8. The fraction of sp³-hybridized carbons (Fsp3) is 0.562.